The van der Waals surface area contributed by atoms with Crippen LogP contribution in [-0.2, 0) is 0 Å². The lowest BCUT2D eigenvalue weighted by Gasteiger charge is -2.26. The summed E-state index contributed by atoms with van der Waals surface area (Å²) in [7, 11) is 1.69. The van der Waals surface area contributed by atoms with Crippen molar-refractivity contribution in [1.82, 2.24) is 10.2 Å². The number of rotatable bonds is 7. The highest BCUT2D eigenvalue weighted by molar-refractivity contribution is 5.75. The molecule has 2 fully saturated rings. The monoisotopic (exact) mass is 423 g/mol. The predicted octanol–water partition coefficient (Wildman–Crippen LogP) is 4.47. The highest BCUT2D eigenvalue weighted by Crippen LogP contribution is 2.33. The normalized spacial score (nSPS) is 20.7. The van der Waals surface area contributed by atoms with E-state index in [9.17, 15) is 4.79 Å². The molecule has 2 aliphatic rings. The van der Waals surface area contributed by atoms with Crippen molar-refractivity contribution in [3.8, 4) is 11.5 Å². The minimum absolute atomic E-state index is 0.0521. The van der Waals surface area contributed by atoms with Gasteiger partial charge in [0.2, 0.25) is 0 Å². The molecule has 2 amide bonds. The number of likely N-dealkylation sites (tertiary alicyclic amines) is 1. The first-order valence-electron chi connectivity index (χ1n) is 11.3. The van der Waals surface area contributed by atoms with Crippen molar-refractivity contribution >= 4 is 11.7 Å². The first kappa shape index (κ1) is 21.3. The lowest BCUT2D eigenvalue weighted by Crippen LogP contribution is -2.41. The van der Waals surface area contributed by atoms with Crippen LogP contribution in [0, 0.1) is 5.92 Å². The number of hydrogen-bond acceptors (Lipinski definition) is 4. The van der Waals surface area contributed by atoms with E-state index in [1.165, 1.54) is 11.3 Å². The lowest BCUT2D eigenvalue weighted by molar-refractivity contribution is 0.191. The zero-order chi connectivity index (χ0) is 21.6. The molecule has 0 bridgehead atoms. The van der Waals surface area contributed by atoms with Crippen molar-refractivity contribution in [1.29, 1.82) is 0 Å². The van der Waals surface area contributed by atoms with E-state index in [1.807, 2.05) is 36.1 Å². The molecule has 31 heavy (non-hydrogen) atoms. The van der Waals surface area contributed by atoms with Gasteiger partial charge in [0.25, 0.3) is 0 Å². The Labute approximate surface area is 185 Å². The second-order valence-electron chi connectivity index (χ2n) is 8.34. The largest absolute Gasteiger partial charge is 0.497 e. The van der Waals surface area contributed by atoms with Gasteiger partial charge in [-0.05, 0) is 61.9 Å². The summed E-state index contributed by atoms with van der Waals surface area (Å²) in [5.41, 5.74) is 2.37. The maximum Gasteiger partial charge on any atom is 0.317 e. The highest BCUT2D eigenvalue weighted by Gasteiger charge is 2.31. The fraction of sp³-hybridized carbons (Fsp3) is 0.480. The topological polar surface area (TPSA) is 54.0 Å². The number of anilines is 1. The van der Waals surface area contributed by atoms with Gasteiger partial charge in [0.15, 0.2) is 0 Å². The SMILES string of the molecule is CCOc1ccc(C2CCCN2C(=O)NCC2CCN(c3cccc(OC)c3)C2)cc1. The van der Waals surface area contributed by atoms with Crippen LogP contribution < -0.4 is 19.7 Å². The summed E-state index contributed by atoms with van der Waals surface area (Å²) >= 11 is 0. The number of nitrogens with one attached hydrogen (secondary N) is 1. The molecule has 6 nitrogen and oxygen atoms in total. The van der Waals surface area contributed by atoms with E-state index in [4.69, 9.17) is 9.47 Å². The van der Waals surface area contributed by atoms with Crippen LogP contribution in [0.25, 0.3) is 0 Å². The van der Waals surface area contributed by atoms with Crippen LogP contribution in [0.1, 0.15) is 37.8 Å². The summed E-state index contributed by atoms with van der Waals surface area (Å²) in [5, 5.41) is 3.20. The number of benzene rings is 2. The second kappa shape index (κ2) is 9.94. The molecule has 0 aliphatic carbocycles. The number of hydrogen-bond donors (Lipinski definition) is 1. The fourth-order valence-electron chi connectivity index (χ4n) is 4.68. The fourth-order valence-corrected chi connectivity index (χ4v) is 4.68. The maximum absolute atomic E-state index is 13.0. The van der Waals surface area contributed by atoms with Gasteiger partial charge in [-0.1, -0.05) is 18.2 Å². The third-order valence-electron chi connectivity index (χ3n) is 6.34. The number of carbonyl (C=O) groups excluding carboxylic acids is 1. The lowest BCUT2D eigenvalue weighted by atomic mass is 10.0. The molecule has 6 heteroatoms. The number of nitrogens with zero attached hydrogens (tertiary/aromatic N) is 2. The Bertz CT molecular complexity index is 871. The Balaban J connectivity index is 1.30. The summed E-state index contributed by atoms with van der Waals surface area (Å²) in [5.74, 6) is 2.22. The van der Waals surface area contributed by atoms with Crippen LogP contribution in [0.3, 0.4) is 0 Å². The van der Waals surface area contributed by atoms with Crippen molar-refractivity contribution < 1.29 is 14.3 Å². The minimum Gasteiger partial charge on any atom is -0.497 e. The average molecular weight is 424 g/mol. The first-order valence-corrected chi connectivity index (χ1v) is 11.3. The van der Waals surface area contributed by atoms with E-state index in [2.05, 4.69) is 34.5 Å². The van der Waals surface area contributed by atoms with Gasteiger partial charge in [-0.3, -0.25) is 0 Å². The average Bonchev–Trinajstić information content (AvgIpc) is 3.48. The van der Waals surface area contributed by atoms with Crippen molar-refractivity contribution in [2.45, 2.75) is 32.2 Å². The quantitative estimate of drug-likeness (QED) is 0.714. The van der Waals surface area contributed by atoms with Crippen molar-refractivity contribution in [2.75, 3.05) is 44.8 Å². The number of ether oxygens (including phenoxy) is 2. The molecular weight excluding hydrogens is 390 g/mol. The summed E-state index contributed by atoms with van der Waals surface area (Å²) < 4.78 is 10.9. The predicted molar refractivity (Wildman–Crippen MR) is 123 cm³/mol. The second-order valence-corrected chi connectivity index (χ2v) is 8.34. The zero-order valence-corrected chi connectivity index (χ0v) is 18.5. The van der Waals surface area contributed by atoms with E-state index in [0.29, 0.717) is 19.1 Å². The number of methoxy groups -OCH3 is 1. The molecular formula is C25H33N3O3. The van der Waals surface area contributed by atoms with Gasteiger partial charge >= 0.3 is 6.03 Å². The third kappa shape index (κ3) is 5.06. The molecule has 2 aliphatic heterocycles. The summed E-state index contributed by atoms with van der Waals surface area (Å²) in [6, 6.07) is 16.6. The van der Waals surface area contributed by atoms with Crippen LogP contribution in [0.2, 0.25) is 0 Å². The van der Waals surface area contributed by atoms with E-state index in [1.54, 1.807) is 7.11 Å². The van der Waals surface area contributed by atoms with Crippen LogP contribution in [0.15, 0.2) is 48.5 Å². The van der Waals surface area contributed by atoms with E-state index in [-0.39, 0.29) is 12.1 Å². The smallest absolute Gasteiger partial charge is 0.317 e. The third-order valence-corrected chi connectivity index (χ3v) is 6.34. The van der Waals surface area contributed by atoms with Crippen LogP contribution in [0.4, 0.5) is 10.5 Å². The minimum atomic E-state index is 0.0521. The molecule has 2 heterocycles. The van der Waals surface area contributed by atoms with Gasteiger partial charge in [0.1, 0.15) is 11.5 Å². The molecule has 2 aromatic carbocycles. The highest BCUT2D eigenvalue weighted by atomic mass is 16.5. The molecule has 0 spiro atoms. The summed E-state index contributed by atoms with van der Waals surface area (Å²) in [6.07, 6.45) is 3.13. The van der Waals surface area contributed by atoms with Gasteiger partial charge in [0.05, 0.1) is 19.8 Å². The van der Waals surface area contributed by atoms with E-state index >= 15 is 0 Å². The maximum atomic E-state index is 13.0. The van der Waals surface area contributed by atoms with Crippen LogP contribution in [0.5, 0.6) is 11.5 Å². The van der Waals surface area contributed by atoms with Crippen LogP contribution in [-0.4, -0.2) is 50.8 Å². The van der Waals surface area contributed by atoms with Gasteiger partial charge < -0.3 is 24.6 Å². The molecule has 2 atom stereocenters. The van der Waals surface area contributed by atoms with E-state index in [0.717, 1.165) is 50.4 Å². The standard InChI is InChI=1S/C25H33N3O3/c1-3-31-22-11-9-20(10-12-22)24-8-5-14-28(24)25(29)26-17-19-13-15-27(18-19)21-6-4-7-23(16-21)30-2/h4,6-7,9-12,16,19,24H,3,5,8,13-15,17-18H2,1-2H3,(H,26,29). The molecule has 0 saturated carbocycles. The van der Waals surface area contributed by atoms with Gasteiger partial charge in [-0.15, -0.1) is 0 Å². The molecule has 0 aromatic heterocycles. The van der Waals surface area contributed by atoms with Crippen molar-refractivity contribution in [2.24, 2.45) is 5.92 Å². The number of carbonyl (C=O) groups is 1. The van der Waals surface area contributed by atoms with Crippen LogP contribution >= 0.6 is 0 Å². The van der Waals surface area contributed by atoms with Crippen molar-refractivity contribution in [3.63, 3.8) is 0 Å². The number of urea groups is 1. The molecule has 2 aromatic rings. The molecule has 166 valence electrons. The zero-order valence-electron chi connectivity index (χ0n) is 18.5. The molecule has 4 rings (SSSR count). The Hall–Kier alpha value is -2.89. The molecule has 2 saturated heterocycles. The molecule has 1 N–H and O–H groups in total. The van der Waals surface area contributed by atoms with E-state index < -0.39 is 0 Å². The summed E-state index contributed by atoms with van der Waals surface area (Å²) in [6.45, 7) is 6.13. The Morgan fingerprint density at radius 3 is 2.71 bits per heavy atom. The first-order chi connectivity index (χ1) is 15.2. The Morgan fingerprint density at radius 1 is 1.10 bits per heavy atom. The van der Waals surface area contributed by atoms with Gasteiger partial charge in [-0.2, -0.15) is 0 Å². The Morgan fingerprint density at radius 2 is 1.94 bits per heavy atom. The van der Waals surface area contributed by atoms with Crippen molar-refractivity contribution in [3.05, 3.63) is 54.1 Å². The number of amides is 2. The summed E-state index contributed by atoms with van der Waals surface area (Å²) in [4.78, 5) is 17.3. The van der Waals surface area contributed by atoms with Gasteiger partial charge in [-0.25, -0.2) is 4.79 Å². The molecule has 2 unspecified atom stereocenters. The van der Waals surface area contributed by atoms with Gasteiger partial charge in [0, 0.05) is 37.9 Å². The molecule has 0 radical (unpaired) electrons. The Kier molecular flexibility index (Phi) is 6.85.